The van der Waals surface area contributed by atoms with Crippen molar-refractivity contribution in [2.45, 2.75) is 51.6 Å². The van der Waals surface area contributed by atoms with E-state index in [0.29, 0.717) is 23.7 Å². The first-order chi connectivity index (χ1) is 12.1. The van der Waals surface area contributed by atoms with Crippen LogP contribution in [-0.4, -0.2) is 25.7 Å². The monoisotopic (exact) mass is 351 g/mol. The van der Waals surface area contributed by atoms with Crippen molar-refractivity contribution >= 4 is 5.69 Å². The van der Waals surface area contributed by atoms with Gasteiger partial charge in [-0.2, -0.15) is 0 Å². The molecular formula is C19H29NO5. The third-order valence-corrected chi connectivity index (χ3v) is 3.99. The van der Waals surface area contributed by atoms with Gasteiger partial charge >= 0.3 is 0 Å². The molecule has 0 unspecified atom stereocenters. The molecule has 0 spiro atoms. The third kappa shape index (κ3) is 7.56. The topological polar surface area (TPSA) is 70.8 Å². The van der Waals surface area contributed by atoms with Gasteiger partial charge in [-0.1, -0.05) is 31.8 Å². The average molecular weight is 351 g/mol. The number of rotatable bonds is 14. The van der Waals surface area contributed by atoms with E-state index in [1.165, 1.54) is 46.0 Å². The minimum atomic E-state index is -0.427. The molecular weight excluding hydrogens is 322 g/mol. The van der Waals surface area contributed by atoms with Gasteiger partial charge in [0.05, 0.1) is 37.4 Å². The second-order valence-corrected chi connectivity index (χ2v) is 5.84. The Bertz CT molecular complexity index is 545. The lowest BCUT2D eigenvalue weighted by atomic mass is 10.1. The van der Waals surface area contributed by atoms with Crippen LogP contribution < -0.4 is 9.47 Å². The molecule has 140 valence electrons. The predicted molar refractivity (Wildman–Crippen MR) is 98.4 cm³/mol. The minimum Gasteiger partial charge on any atom is -0.493 e. The molecule has 0 bridgehead atoms. The van der Waals surface area contributed by atoms with Gasteiger partial charge in [-0.05, 0) is 25.3 Å². The first-order valence-corrected chi connectivity index (χ1v) is 8.72. The van der Waals surface area contributed by atoms with Crippen LogP contribution in [0.5, 0.6) is 11.5 Å². The summed E-state index contributed by atoms with van der Waals surface area (Å²) >= 11 is 0. The van der Waals surface area contributed by atoms with Gasteiger partial charge in [0.15, 0.2) is 11.5 Å². The Balaban J connectivity index is 2.38. The molecule has 6 heteroatoms. The highest BCUT2D eigenvalue weighted by Gasteiger charge is 2.19. The van der Waals surface area contributed by atoms with Gasteiger partial charge in [0.25, 0.3) is 5.69 Å². The fourth-order valence-corrected chi connectivity index (χ4v) is 2.58. The standard InChI is InChI=1S/C19H29NO5/c1-4-5-6-7-8-9-10-11-12-25-15-16-13-18(23-2)19(24-3)14-17(16)20(21)22/h4,13-14H,1,5-12,15H2,2-3H3. The van der Waals surface area contributed by atoms with E-state index in [1.54, 1.807) is 6.07 Å². The molecule has 0 saturated carbocycles. The maximum Gasteiger partial charge on any atom is 0.278 e. The molecule has 0 saturated heterocycles. The number of benzene rings is 1. The Morgan fingerprint density at radius 2 is 1.64 bits per heavy atom. The summed E-state index contributed by atoms with van der Waals surface area (Å²) in [5.74, 6) is 0.806. The van der Waals surface area contributed by atoms with E-state index in [0.717, 1.165) is 19.3 Å². The van der Waals surface area contributed by atoms with Gasteiger partial charge in [-0.15, -0.1) is 6.58 Å². The molecule has 0 aliphatic rings. The lowest BCUT2D eigenvalue weighted by molar-refractivity contribution is -0.386. The average Bonchev–Trinajstić information content (AvgIpc) is 2.62. The fraction of sp³-hybridized carbons (Fsp3) is 0.579. The number of nitro benzene ring substituents is 1. The number of unbranched alkanes of at least 4 members (excludes halogenated alkanes) is 6. The van der Waals surface area contributed by atoms with E-state index < -0.39 is 4.92 Å². The van der Waals surface area contributed by atoms with Gasteiger partial charge in [0, 0.05) is 6.61 Å². The molecule has 0 atom stereocenters. The van der Waals surface area contributed by atoms with Crippen LogP contribution in [0.25, 0.3) is 0 Å². The molecule has 0 aliphatic heterocycles. The van der Waals surface area contributed by atoms with Crippen LogP contribution in [-0.2, 0) is 11.3 Å². The fourth-order valence-electron chi connectivity index (χ4n) is 2.58. The summed E-state index contributed by atoms with van der Waals surface area (Å²) in [6.45, 7) is 4.50. The molecule has 0 heterocycles. The van der Waals surface area contributed by atoms with Crippen molar-refractivity contribution in [3.05, 3.63) is 40.5 Å². The van der Waals surface area contributed by atoms with Crippen LogP contribution in [0.1, 0.15) is 50.5 Å². The van der Waals surface area contributed by atoms with Crippen LogP contribution in [0.2, 0.25) is 0 Å². The van der Waals surface area contributed by atoms with Crippen molar-refractivity contribution in [2.24, 2.45) is 0 Å². The summed E-state index contributed by atoms with van der Waals surface area (Å²) in [7, 11) is 2.96. The number of allylic oxidation sites excluding steroid dienone is 1. The van der Waals surface area contributed by atoms with Crippen LogP contribution in [0.4, 0.5) is 5.69 Å². The summed E-state index contributed by atoms with van der Waals surface area (Å²) in [5, 5.41) is 11.2. The first-order valence-electron chi connectivity index (χ1n) is 8.72. The van der Waals surface area contributed by atoms with Gasteiger partial charge in [-0.3, -0.25) is 10.1 Å². The zero-order valence-electron chi connectivity index (χ0n) is 15.3. The molecule has 1 aromatic rings. The zero-order chi connectivity index (χ0) is 18.5. The molecule has 6 nitrogen and oxygen atoms in total. The molecule has 1 rings (SSSR count). The molecule has 0 aliphatic carbocycles. The molecule has 0 radical (unpaired) electrons. The smallest absolute Gasteiger partial charge is 0.278 e. The number of ether oxygens (including phenoxy) is 3. The number of methoxy groups -OCH3 is 2. The molecule has 0 fully saturated rings. The zero-order valence-corrected chi connectivity index (χ0v) is 15.3. The van der Waals surface area contributed by atoms with Crippen molar-refractivity contribution in [3.63, 3.8) is 0 Å². The highest BCUT2D eigenvalue weighted by atomic mass is 16.6. The third-order valence-electron chi connectivity index (χ3n) is 3.99. The summed E-state index contributed by atoms with van der Waals surface area (Å²) < 4.78 is 15.9. The van der Waals surface area contributed by atoms with Gasteiger partial charge in [-0.25, -0.2) is 0 Å². The van der Waals surface area contributed by atoms with Crippen LogP contribution in [0.15, 0.2) is 24.8 Å². The molecule has 0 amide bonds. The summed E-state index contributed by atoms with van der Waals surface area (Å²) in [6, 6.07) is 2.98. The molecule has 1 aromatic carbocycles. The highest BCUT2D eigenvalue weighted by molar-refractivity contribution is 5.54. The number of hydrogen-bond donors (Lipinski definition) is 0. The van der Waals surface area contributed by atoms with E-state index in [4.69, 9.17) is 14.2 Å². The quantitative estimate of drug-likeness (QED) is 0.203. The first kappa shape index (κ1) is 21.0. The van der Waals surface area contributed by atoms with Crippen molar-refractivity contribution in [1.82, 2.24) is 0 Å². The van der Waals surface area contributed by atoms with Crippen molar-refractivity contribution in [2.75, 3.05) is 20.8 Å². The Labute approximate surface area is 149 Å². The maximum absolute atomic E-state index is 11.2. The number of nitrogens with zero attached hydrogens (tertiary/aromatic N) is 1. The lowest BCUT2D eigenvalue weighted by Gasteiger charge is -2.11. The van der Waals surface area contributed by atoms with Gasteiger partial charge in [0.1, 0.15) is 0 Å². The lowest BCUT2D eigenvalue weighted by Crippen LogP contribution is -2.02. The number of nitro groups is 1. The summed E-state index contributed by atoms with van der Waals surface area (Å²) in [5.41, 5.74) is 0.479. The van der Waals surface area contributed by atoms with E-state index in [9.17, 15) is 10.1 Å². The van der Waals surface area contributed by atoms with Crippen molar-refractivity contribution < 1.29 is 19.1 Å². The van der Waals surface area contributed by atoms with Gasteiger partial charge < -0.3 is 14.2 Å². The van der Waals surface area contributed by atoms with E-state index >= 15 is 0 Å². The van der Waals surface area contributed by atoms with Crippen LogP contribution in [0, 0.1) is 10.1 Å². The molecule has 25 heavy (non-hydrogen) atoms. The highest BCUT2D eigenvalue weighted by Crippen LogP contribution is 2.34. The molecule has 0 N–H and O–H groups in total. The van der Waals surface area contributed by atoms with Crippen molar-refractivity contribution in [1.29, 1.82) is 0 Å². The van der Waals surface area contributed by atoms with E-state index in [-0.39, 0.29) is 12.3 Å². The van der Waals surface area contributed by atoms with Gasteiger partial charge in [0.2, 0.25) is 0 Å². The Morgan fingerprint density at radius 1 is 1.04 bits per heavy atom. The molecule has 0 aromatic heterocycles. The summed E-state index contributed by atoms with van der Waals surface area (Å²) in [4.78, 5) is 10.8. The second-order valence-electron chi connectivity index (χ2n) is 5.84. The van der Waals surface area contributed by atoms with E-state index in [2.05, 4.69) is 6.58 Å². The largest absolute Gasteiger partial charge is 0.493 e. The minimum absolute atomic E-state index is 0.0140. The number of hydrogen-bond acceptors (Lipinski definition) is 5. The van der Waals surface area contributed by atoms with Crippen LogP contribution in [0.3, 0.4) is 0 Å². The van der Waals surface area contributed by atoms with Crippen LogP contribution >= 0.6 is 0 Å². The maximum atomic E-state index is 11.2. The van der Waals surface area contributed by atoms with Crippen molar-refractivity contribution in [3.8, 4) is 11.5 Å². The Morgan fingerprint density at radius 3 is 2.24 bits per heavy atom. The normalized spacial score (nSPS) is 10.5. The Hall–Kier alpha value is -2.08. The second kappa shape index (κ2) is 12.3. The Kier molecular flexibility index (Phi) is 10.3. The summed E-state index contributed by atoms with van der Waals surface area (Å²) in [6.07, 6.45) is 10.00. The van der Waals surface area contributed by atoms with E-state index in [1.807, 2.05) is 6.08 Å². The SMILES string of the molecule is C=CCCCCCCCCOCc1cc(OC)c(OC)cc1[N+](=O)[O-]. The predicted octanol–water partition coefficient (Wildman–Crippen LogP) is 5.05.